The van der Waals surface area contributed by atoms with Crippen molar-refractivity contribution in [2.24, 2.45) is 7.05 Å². The number of imidazole rings is 1. The molecular weight excluding hydrogens is 464 g/mol. The molecule has 36 heavy (non-hydrogen) atoms. The Hall–Kier alpha value is -4.19. The number of amides is 1. The van der Waals surface area contributed by atoms with E-state index < -0.39 is 6.61 Å². The zero-order valence-electron chi connectivity index (χ0n) is 19.4. The molecule has 180 valence electrons. The van der Waals surface area contributed by atoms with Crippen LogP contribution in [0.25, 0.3) is 11.0 Å². The molecule has 1 fully saturated rings. The van der Waals surface area contributed by atoms with Crippen molar-refractivity contribution in [2.75, 3.05) is 0 Å². The number of rotatable bonds is 3. The average Bonchev–Trinajstić information content (AvgIpc) is 3.37. The van der Waals surface area contributed by atoms with E-state index in [1.165, 1.54) is 6.07 Å². The van der Waals surface area contributed by atoms with Crippen molar-refractivity contribution in [1.29, 1.82) is 0 Å². The number of carbonyl (C=O) groups excluding carboxylic acids is 1. The summed E-state index contributed by atoms with van der Waals surface area (Å²) in [6.07, 6.45) is 6.00. The molecule has 3 aliphatic rings. The van der Waals surface area contributed by atoms with Crippen LogP contribution < -0.4 is 4.74 Å². The third-order valence-electron chi connectivity index (χ3n) is 7.19. The maximum Gasteiger partial charge on any atom is 0.387 e. The number of carbonyl (C=O) groups is 1. The number of alkyl halides is 2. The first-order valence-electron chi connectivity index (χ1n) is 11.9. The lowest BCUT2D eigenvalue weighted by molar-refractivity contribution is -0.0507. The maximum atomic E-state index is 13.7. The van der Waals surface area contributed by atoms with Crippen LogP contribution in [0.1, 0.15) is 64.2 Å². The summed E-state index contributed by atoms with van der Waals surface area (Å²) in [7, 11) is 1.84. The number of hydrogen-bond acceptors (Lipinski definition) is 4. The normalized spacial score (nSPS) is 20.2. The Labute approximate surface area is 205 Å². The highest BCUT2D eigenvalue weighted by atomic mass is 19.3. The van der Waals surface area contributed by atoms with Gasteiger partial charge in [-0.1, -0.05) is 17.9 Å². The van der Waals surface area contributed by atoms with Crippen LogP contribution in [0, 0.1) is 11.8 Å². The maximum absolute atomic E-state index is 13.7. The van der Waals surface area contributed by atoms with Gasteiger partial charge in [-0.15, -0.1) is 0 Å². The summed E-state index contributed by atoms with van der Waals surface area (Å²) in [6.45, 7) is -2.99. The number of ether oxygens (including phenoxy) is 1. The van der Waals surface area contributed by atoms with Crippen LogP contribution in [-0.4, -0.2) is 42.8 Å². The third kappa shape index (κ3) is 3.21. The summed E-state index contributed by atoms with van der Waals surface area (Å²) in [6, 6.07) is 10.2. The molecule has 2 aliphatic heterocycles. The van der Waals surface area contributed by atoms with Crippen LogP contribution in [0.3, 0.4) is 0 Å². The highest BCUT2D eigenvalue weighted by Crippen LogP contribution is 2.52. The number of hydrogen-bond donors (Lipinski definition) is 0. The summed E-state index contributed by atoms with van der Waals surface area (Å²) in [5, 5.41) is 4.15. The molecule has 0 saturated heterocycles. The second-order valence-corrected chi connectivity index (χ2v) is 9.50. The molecule has 9 heteroatoms. The zero-order chi connectivity index (χ0) is 24.6. The second kappa shape index (κ2) is 7.65. The van der Waals surface area contributed by atoms with Gasteiger partial charge in [0.2, 0.25) is 0 Å². The largest absolute Gasteiger partial charge is 0.434 e. The Morgan fingerprint density at radius 2 is 1.94 bits per heavy atom. The SMILES string of the molecule is Cn1cc(C#Cc2ccc3nc4n(c3c2)[C@@H]2C[C@H]4N(C3CC3)C(=O)c3cccc(OC(F)F)c32)cn1. The molecule has 0 radical (unpaired) electrons. The first-order chi connectivity index (χ1) is 17.5. The Morgan fingerprint density at radius 1 is 1.11 bits per heavy atom. The smallest absolute Gasteiger partial charge is 0.387 e. The molecule has 2 bridgehead atoms. The van der Waals surface area contributed by atoms with E-state index >= 15 is 0 Å². The van der Waals surface area contributed by atoms with Crippen molar-refractivity contribution < 1.29 is 18.3 Å². The number of halogens is 2. The van der Waals surface area contributed by atoms with E-state index in [0.717, 1.165) is 40.8 Å². The molecule has 0 N–H and O–H groups in total. The Balaban J connectivity index is 1.42. The van der Waals surface area contributed by atoms with Crippen LogP contribution in [0.15, 0.2) is 48.8 Å². The lowest BCUT2D eigenvalue weighted by Gasteiger charge is -2.28. The Bertz CT molecular complexity index is 1610. The Morgan fingerprint density at radius 3 is 2.69 bits per heavy atom. The average molecular weight is 485 g/mol. The van der Waals surface area contributed by atoms with E-state index in [-0.39, 0.29) is 29.8 Å². The van der Waals surface area contributed by atoms with Gasteiger partial charge in [0.25, 0.3) is 5.91 Å². The lowest BCUT2D eigenvalue weighted by atomic mass is 9.97. The molecule has 7 nitrogen and oxygen atoms in total. The van der Waals surface area contributed by atoms with Crippen LogP contribution >= 0.6 is 0 Å². The minimum atomic E-state index is -2.99. The standard InChI is InChI=1S/C27H21F2N5O2/c1-32-14-16(13-30-32)6-5-15-7-10-19-20(11-15)34-21-12-22(25(34)31-19)33(17-8-9-17)26(35)18-3-2-4-23(24(18)21)36-27(28)29/h2-4,7,10-11,13-14,17,21-22,27H,8-9,12H2,1H3/t21-,22-/m1/s1. The fourth-order valence-electron chi connectivity index (χ4n) is 5.62. The van der Waals surface area contributed by atoms with Gasteiger partial charge in [0.15, 0.2) is 0 Å². The van der Waals surface area contributed by atoms with Gasteiger partial charge in [-0.25, -0.2) is 4.98 Å². The van der Waals surface area contributed by atoms with Crippen molar-refractivity contribution in [3.8, 4) is 17.6 Å². The molecule has 1 amide bonds. The van der Waals surface area contributed by atoms with E-state index in [2.05, 4.69) is 21.5 Å². The number of benzene rings is 2. The predicted octanol–water partition coefficient (Wildman–Crippen LogP) is 4.42. The van der Waals surface area contributed by atoms with Gasteiger partial charge in [0.05, 0.1) is 34.9 Å². The topological polar surface area (TPSA) is 65.2 Å². The summed E-state index contributed by atoms with van der Waals surface area (Å²) >= 11 is 0. The third-order valence-corrected chi connectivity index (χ3v) is 7.19. The first-order valence-corrected chi connectivity index (χ1v) is 11.9. The highest BCUT2D eigenvalue weighted by Gasteiger charge is 2.50. The van der Waals surface area contributed by atoms with Crippen molar-refractivity contribution >= 4 is 16.9 Å². The van der Waals surface area contributed by atoms with Gasteiger partial charge in [-0.05, 0) is 43.2 Å². The molecule has 2 atom stereocenters. The molecule has 7 rings (SSSR count). The van der Waals surface area contributed by atoms with E-state index in [1.54, 1.807) is 23.0 Å². The highest BCUT2D eigenvalue weighted by molar-refractivity contribution is 5.98. The van der Waals surface area contributed by atoms with E-state index in [1.807, 2.05) is 36.3 Å². The fourth-order valence-corrected chi connectivity index (χ4v) is 5.62. The van der Waals surface area contributed by atoms with E-state index in [4.69, 9.17) is 9.72 Å². The molecule has 4 aromatic rings. The monoisotopic (exact) mass is 485 g/mol. The quantitative estimate of drug-likeness (QED) is 0.403. The van der Waals surface area contributed by atoms with E-state index in [0.29, 0.717) is 17.5 Å². The summed E-state index contributed by atoms with van der Waals surface area (Å²) < 4.78 is 35.4. The fraction of sp³-hybridized carbons (Fsp3) is 0.296. The summed E-state index contributed by atoms with van der Waals surface area (Å²) in [5.74, 6) is 7.00. The Kier molecular flexibility index (Phi) is 4.49. The molecule has 2 aromatic heterocycles. The molecule has 1 saturated carbocycles. The van der Waals surface area contributed by atoms with Crippen LogP contribution in [0.2, 0.25) is 0 Å². The van der Waals surface area contributed by atoms with Gasteiger partial charge >= 0.3 is 6.61 Å². The number of aromatic nitrogens is 4. The molecule has 0 spiro atoms. The molecule has 4 heterocycles. The second-order valence-electron chi connectivity index (χ2n) is 9.50. The van der Waals surface area contributed by atoms with Gasteiger partial charge in [-0.2, -0.15) is 13.9 Å². The van der Waals surface area contributed by atoms with E-state index in [9.17, 15) is 13.6 Å². The molecular formula is C27H21F2N5O2. The number of nitrogens with zero attached hydrogens (tertiary/aromatic N) is 5. The summed E-state index contributed by atoms with van der Waals surface area (Å²) in [4.78, 5) is 20.5. The van der Waals surface area contributed by atoms with Gasteiger partial charge in [0.1, 0.15) is 11.6 Å². The first kappa shape index (κ1) is 21.1. The molecule has 0 unspecified atom stereocenters. The van der Waals surface area contributed by atoms with Gasteiger partial charge in [0, 0.05) is 42.4 Å². The molecule has 1 aliphatic carbocycles. The minimum Gasteiger partial charge on any atom is -0.434 e. The van der Waals surface area contributed by atoms with Gasteiger partial charge < -0.3 is 14.2 Å². The van der Waals surface area contributed by atoms with Gasteiger partial charge in [-0.3, -0.25) is 9.48 Å². The van der Waals surface area contributed by atoms with Crippen LogP contribution in [0.5, 0.6) is 5.75 Å². The van der Waals surface area contributed by atoms with Crippen molar-refractivity contribution in [1.82, 2.24) is 24.2 Å². The zero-order valence-corrected chi connectivity index (χ0v) is 19.4. The van der Waals surface area contributed by atoms with Crippen LogP contribution in [-0.2, 0) is 7.05 Å². The summed E-state index contributed by atoms with van der Waals surface area (Å²) in [5.41, 5.74) is 4.18. The molecule has 2 aromatic carbocycles. The lowest BCUT2D eigenvalue weighted by Crippen LogP contribution is -2.36. The van der Waals surface area contributed by atoms with Crippen molar-refractivity contribution in [2.45, 2.75) is 44.0 Å². The predicted molar refractivity (Wildman–Crippen MR) is 127 cm³/mol. The number of aryl methyl sites for hydroxylation is 1. The van der Waals surface area contributed by atoms with Crippen LogP contribution in [0.4, 0.5) is 8.78 Å². The minimum absolute atomic E-state index is 0.0412. The van der Waals surface area contributed by atoms with Crippen molar-refractivity contribution in [3.05, 3.63) is 76.9 Å². The van der Waals surface area contributed by atoms with Crippen molar-refractivity contribution in [3.63, 3.8) is 0 Å². The number of fused-ring (bicyclic) bond motifs is 9.